The van der Waals surface area contributed by atoms with Gasteiger partial charge >= 0.3 is 6.03 Å². The molecule has 5 heterocycles. The summed E-state index contributed by atoms with van der Waals surface area (Å²) in [5, 5.41) is 11.2. The van der Waals surface area contributed by atoms with Gasteiger partial charge in [0, 0.05) is 56.6 Å². The summed E-state index contributed by atoms with van der Waals surface area (Å²) in [4.78, 5) is 28.7. The number of hydrogen-bond acceptors (Lipinski definition) is 9. The molecule has 2 N–H and O–H groups in total. The first-order valence-electron chi connectivity index (χ1n) is 13.3. The van der Waals surface area contributed by atoms with E-state index in [1.165, 1.54) is 0 Å². The molecule has 1 aromatic carbocycles. The molecular formula is C28H32N8O4. The van der Waals surface area contributed by atoms with E-state index in [1.54, 1.807) is 38.7 Å². The van der Waals surface area contributed by atoms with E-state index in [-0.39, 0.29) is 24.3 Å². The van der Waals surface area contributed by atoms with E-state index in [0.29, 0.717) is 30.4 Å². The van der Waals surface area contributed by atoms with Crippen molar-refractivity contribution < 1.29 is 19.0 Å². The quantitative estimate of drug-likeness (QED) is 0.324. The number of aromatic nitrogens is 5. The van der Waals surface area contributed by atoms with Gasteiger partial charge in [0.1, 0.15) is 11.9 Å². The normalized spacial score (nSPS) is 18.4. The topological polar surface area (TPSA) is 129 Å². The molecule has 0 saturated carbocycles. The number of anilines is 3. The first-order valence-corrected chi connectivity index (χ1v) is 13.3. The molecule has 4 aromatic rings. The van der Waals surface area contributed by atoms with Gasteiger partial charge in [0.25, 0.3) is 0 Å². The van der Waals surface area contributed by atoms with Gasteiger partial charge in [-0.1, -0.05) is 0 Å². The zero-order chi connectivity index (χ0) is 27.5. The number of methoxy groups -OCH3 is 2. The van der Waals surface area contributed by atoms with Crippen molar-refractivity contribution in [2.75, 3.05) is 56.1 Å². The van der Waals surface area contributed by atoms with E-state index in [4.69, 9.17) is 29.3 Å². The van der Waals surface area contributed by atoms with Crippen LogP contribution in [0.1, 0.15) is 18.9 Å². The van der Waals surface area contributed by atoms with Crippen molar-refractivity contribution in [3.8, 4) is 11.4 Å². The molecule has 2 atom stereocenters. The van der Waals surface area contributed by atoms with Crippen molar-refractivity contribution in [2.24, 2.45) is 0 Å². The second-order valence-corrected chi connectivity index (χ2v) is 10.0. The molecule has 2 aliphatic heterocycles. The predicted molar refractivity (Wildman–Crippen MR) is 151 cm³/mol. The smallest absolute Gasteiger partial charge is 0.323 e. The minimum atomic E-state index is -0.341. The Balaban J connectivity index is 1.32. The third-order valence-corrected chi connectivity index (χ3v) is 7.18. The zero-order valence-electron chi connectivity index (χ0n) is 22.5. The highest BCUT2D eigenvalue weighted by Gasteiger charge is 2.35. The lowest BCUT2D eigenvalue weighted by molar-refractivity contribution is 0.0303. The summed E-state index contributed by atoms with van der Waals surface area (Å²) in [6, 6.07) is 10.4. The minimum absolute atomic E-state index is 0.144. The number of urea groups is 1. The molecule has 0 radical (unpaired) electrons. The highest BCUT2D eigenvalue weighted by Crippen LogP contribution is 2.34. The van der Waals surface area contributed by atoms with Crippen LogP contribution in [0, 0.1) is 0 Å². The maximum atomic E-state index is 12.4. The van der Waals surface area contributed by atoms with Crippen LogP contribution in [0.2, 0.25) is 0 Å². The molecule has 0 aliphatic carbocycles. The summed E-state index contributed by atoms with van der Waals surface area (Å²) >= 11 is 0. The van der Waals surface area contributed by atoms with Gasteiger partial charge in [-0.15, -0.1) is 0 Å². The Bertz CT molecular complexity index is 1440. The molecule has 2 fully saturated rings. The van der Waals surface area contributed by atoms with E-state index < -0.39 is 0 Å². The summed E-state index contributed by atoms with van der Waals surface area (Å²) < 4.78 is 18.9. The van der Waals surface area contributed by atoms with Crippen LogP contribution in [0.15, 0.2) is 55.0 Å². The molecule has 2 saturated heterocycles. The van der Waals surface area contributed by atoms with Gasteiger partial charge < -0.3 is 29.7 Å². The average molecular weight is 545 g/mol. The molecule has 208 valence electrons. The monoisotopic (exact) mass is 544 g/mol. The van der Waals surface area contributed by atoms with Crippen LogP contribution in [0.4, 0.5) is 22.0 Å². The number of morpholine rings is 1. The molecule has 2 amide bonds. The Labute approximate surface area is 231 Å². The Hall–Kier alpha value is -4.13. The fourth-order valence-corrected chi connectivity index (χ4v) is 5.34. The number of ether oxygens (including phenoxy) is 3. The molecule has 40 heavy (non-hydrogen) atoms. The Morgan fingerprint density at radius 2 is 1.62 bits per heavy atom. The molecule has 3 aromatic heterocycles. The lowest BCUT2D eigenvalue weighted by Gasteiger charge is -2.33. The number of fused-ring (bicyclic) bond motifs is 3. The summed E-state index contributed by atoms with van der Waals surface area (Å²) in [5.41, 5.74) is 2.84. The van der Waals surface area contributed by atoms with Crippen LogP contribution in [0.5, 0.6) is 0 Å². The number of amides is 2. The highest BCUT2D eigenvalue weighted by molar-refractivity contribution is 5.99. The van der Waals surface area contributed by atoms with Crippen molar-refractivity contribution >= 4 is 34.3 Å². The van der Waals surface area contributed by atoms with Gasteiger partial charge in [-0.05, 0) is 49.2 Å². The van der Waals surface area contributed by atoms with Crippen molar-refractivity contribution in [3.05, 3.63) is 55.0 Å². The Morgan fingerprint density at radius 3 is 2.27 bits per heavy atom. The number of rotatable bonds is 9. The summed E-state index contributed by atoms with van der Waals surface area (Å²) in [6.07, 6.45) is 7.62. The molecule has 12 heteroatoms. The van der Waals surface area contributed by atoms with Crippen molar-refractivity contribution in [1.29, 1.82) is 0 Å². The highest BCUT2D eigenvalue weighted by atomic mass is 16.5. The maximum Gasteiger partial charge on any atom is 0.323 e. The first-order chi connectivity index (χ1) is 19.6. The van der Waals surface area contributed by atoms with Crippen LogP contribution >= 0.6 is 0 Å². The third-order valence-electron chi connectivity index (χ3n) is 7.18. The molecule has 6 rings (SSSR count). The number of nitrogens with one attached hydrogen (secondary N) is 2. The largest absolute Gasteiger partial charge is 0.382 e. The van der Waals surface area contributed by atoms with Gasteiger partial charge in [0.15, 0.2) is 11.5 Å². The molecule has 2 unspecified atom stereocenters. The summed E-state index contributed by atoms with van der Waals surface area (Å²) in [7, 11) is 3.33. The minimum Gasteiger partial charge on any atom is -0.382 e. The zero-order valence-corrected chi connectivity index (χ0v) is 22.5. The van der Waals surface area contributed by atoms with Crippen LogP contribution in [0.3, 0.4) is 0 Å². The Kier molecular flexibility index (Phi) is 7.53. The standard InChI is InChI=1S/C28H32N8O4/c1-38-16-21(17-39-2)36-27-24(13-30-36)26(35-14-22-7-8-23(15-35)40-22)33-25(34-27)18-3-5-19(6-4-18)31-28(37)32-20-9-11-29-12-10-20/h3-6,9-13,21-23H,7-8,14-17H2,1-2H3,(H2,29,31,32,37). The third kappa shape index (κ3) is 5.46. The summed E-state index contributed by atoms with van der Waals surface area (Å²) in [5.74, 6) is 1.42. The number of carbonyl (C=O) groups is 1. The van der Waals surface area contributed by atoms with E-state index in [1.807, 2.05) is 35.1 Å². The average Bonchev–Trinajstić information content (AvgIpc) is 3.55. The van der Waals surface area contributed by atoms with E-state index in [0.717, 1.165) is 48.3 Å². The Morgan fingerprint density at radius 1 is 0.975 bits per heavy atom. The second kappa shape index (κ2) is 11.5. The lowest BCUT2D eigenvalue weighted by Crippen LogP contribution is -2.43. The van der Waals surface area contributed by atoms with Gasteiger partial charge in [-0.3, -0.25) is 4.98 Å². The SMILES string of the molecule is COCC(COC)n1ncc2c(N3CC4CCC(C3)O4)nc(-c3ccc(NC(=O)Nc4ccncc4)cc3)nc21. The van der Waals surface area contributed by atoms with Crippen LogP contribution in [0.25, 0.3) is 22.4 Å². The van der Waals surface area contributed by atoms with Gasteiger partial charge in [0.2, 0.25) is 0 Å². The molecule has 2 aliphatic rings. The predicted octanol–water partition coefficient (Wildman–Crippen LogP) is 3.73. The lowest BCUT2D eigenvalue weighted by atomic mass is 10.2. The number of hydrogen-bond donors (Lipinski definition) is 2. The second-order valence-electron chi connectivity index (χ2n) is 10.0. The van der Waals surface area contributed by atoms with E-state index in [9.17, 15) is 4.79 Å². The number of carbonyl (C=O) groups excluding carboxylic acids is 1. The first kappa shape index (κ1) is 26.1. The number of pyridine rings is 1. The number of nitrogens with zero attached hydrogens (tertiary/aromatic N) is 6. The van der Waals surface area contributed by atoms with Crippen molar-refractivity contribution in [2.45, 2.75) is 31.1 Å². The number of benzene rings is 1. The molecular weight excluding hydrogens is 512 g/mol. The van der Waals surface area contributed by atoms with E-state index in [2.05, 4.69) is 20.5 Å². The van der Waals surface area contributed by atoms with E-state index >= 15 is 0 Å². The van der Waals surface area contributed by atoms with Gasteiger partial charge in [-0.2, -0.15) is 5.10 Å². The fourth-order valence-electron chi connectivity index (χ4n) is 5.34. The molecule has 12 nitrogen and oxygen atoms in total. The van der Waals surface area contributed by atoms with Crippen LogP contribution < -0.4 is 15.5 Å². The van der Waals surface area contributed by atoms with Crippen molar-refractivity contribution in [3.63, 3.8) is 0 Å². The molecule has 0 spiro atoms. The van der Waals surface area contributed by atoms with Crippen LogP contribution in [-0.2, 0) is 14.2 Å². The van der Waals surface area contributed by atoms with Crippen molar-refractivity contribution in [1.82, 2.24) is 24.7 Å². The van der Waals surface area contributed by atoms with Gasteiger partial charge in [0.05, 0.1) is 37.0 Å². The van der Waals surface area contributed by atoms with Gasteiger partial charge in [-0.25, -0.2) is 19.4 Å². The maximum absolute atomic E-state index is 12.4. The van der Waals surface area contributed by atoms with Crippen LogP contribution in [-0.4, -0.2) is 83.5 Å². The molecule has 2 bridgehead atoms. The summed E-state index contributed by atoms with van der Waals surface area (Å²) in [6.45, 7) is 2.43. The fraction of sp³-hybridized carbons (Fsp3) is 0.393.